The lowest BCUT2D eigenvalue weighted by Crippen LogP contribution is -2.29. The van der Waals surface area contributed by atoms with Crippen molar-refractivity contribution in [1.29, 1.82) is 0 Å². The summed E-state index contributed by atoms with van der Waals surface area (Å²) in [5.41, 5.74) is 1.02. The van der Waals surface area contributed by atoms with E-state index in [1.807, 2.05) is 6.07 Å². The topological polar surface area (TPSA) is 59.1 Å². The second-order valence-corrected chi connectivity index (χ2v) is 6.50. The summed E-state index contributed by atoms with van der Waals surface area (Å²) in [5, 5.41) is 4.42. The third kappa shape index (κ3) is 3.13. The molecule has 1 aromatic rings. The molecule has 1 aliphatic heterocycles. The van der Waals surface area contributed by atoms with Crippen molar-refractivity contribution < 1.29 is 8.42 Å². The number of pyridine rings is 1. The summed E-state index contributed by atoms with van der Waals surface area (Å²) in [4.78, 5) is 4.03. The van der Waals surface area contributed by atoms with E-state index in [0.29, 0.717) is 6.54 Å². The Morgan fingerprint density at radius 2 is 2.31 bits per heavy atom. The molecule has 0 amide bonds. The molecule has 1 aliphatic rings. The number of hydrogen-bond acceptors (Lipinski definition) is 4. The van der Waals surface area contributed by atoms with Gasteiger partial charge in [-0.05, 0) is 27.6 Å². The van der Waals surface area contributed by atoms with Crippen molar-refractivity contribution in [3.8, 4) is 0 Å². The van der Waals surface area contributed by atoms with Gasteiger partial charge in [-0.25, -0.2) is 8.42 Å². The molecule has 0 fully saturated rings. The fraction of sp³-hybridized carbons (Fsp3) is 0.300. The van der Waals surface area contributed by atoms with Crippen LogP contribution in [0.2, 0.25) is 0 Å². The molecule has 0 aromatic carbocycles. The molecule has 2 heterocycles. The number of rotatable bonds is 3. The first kappa shape index (κ1) is 11.8. The summed E-state index contributed by atoms with van der Waals surface area (Å²) >= 11 is 3.33. The summed E-state index contributed by atoms with van der Waals surface area (Å²) in [6.45, 7) is 0.608. The Balaban J connectivity index is 1.92. The van der Waals surface area contributed by atoms with Crippen LogP contribution in [0, 0.1) is 0 Å². The third-order valence-corrected chi connectivity index (χ3v) is 4.09. The fourth-order valence-electron chi connectivity index (χ4n) is 1.50. The predicted molar refractivity (Wildman–Crippen MR) is 65.5 cm³/mol. The van der Waals surface area contributed by atoms with Crippen molar-refractivity contribution in [3.05, 3.63) is 40.0 Å². The average molecular weight is 303 g/mol. The maximum absolute atomic E-state index is 11.2. The normalized spacial score (nSPS) is 22.4. The molecule has 86 valence electrons. The second-order valence-electron chi connectivity index (χ2n) is 3.66. The van der Waals surface area contributed by atoms with Gasteiger partial charge >= 0.3 is 0 Å². The lowest BCUT2D eigenvalue weighted by Gasteiger charge is -2.09. The van der Waals surface area contributed by atoms with Crippen molar-refractivity contribution in [1.82, 2.24) is 10.3 Å². The largest absolute Gasteiger partial charge is 0.305 e. The molecular formula is C10H11BrN2O2S. The summed E-state index contributed by atoms with van der Waals surface area (Å²) in [6, 6.07) is 1.86. The van der Waals surface area contributed by atoms with Gasteiger partial charge < -0.3 is 5.32 Å². The van der Waals surface area contributed by atoms with Crippen molar-refractivity contribution in [2.45, 2.75) is 12.6 Å². The number of aromatic nitrogens is 1. The molecule has 1 aromatic heterocycles. The van der Waals surface area contributed by atoms with Crippen LogP contribution in [0.15, 0.2) is 34.4 Å². The number of nitrogens with zero attached hydrogens (tertiary/aromatic N) is 1. The summed E-state index contributed by atoms with van der Waals surface area (Å²) in [6.07, 6.45) is 5.15. The van der Waals surface area contributed by atoms with Gasteiger partial charge in [0.15, 0.2) is 9.84 Å². The second kappa shape index (κ2) is 4.65. The van der Waals surface area contributed by atoms with Crippen LogP contribution < -0.4 is 5.32 Å². The van der Waals surface area contributed by atoms with Gasteiger partial charge in [-0.1, -0.05) is 6.08 Å². The number of sulfone groups is 1. The minimum Gasteiger partial charge on any atom is -0.305 e. The fourth-order valence-corrected chi connectivity index (χ4v) is 3.19. The monoisotopic (exact) mass is 302 g/mol. The minimum atomic E-state index is -2.98. The molecule has 0 bridgehead atoms. The number of halogens is 1. The standard InChI is InChI=1S/C10H11BrN2O2S/c11-9-3-8(4-12-6-9)5-13-10-1-2-16(14,15)7-10/h1-4,6,10,13H,5,7H2. The SMILES string of the molecule is O=S1(=O)C=CC(NCc2cncc(Br)c2)C1. The maximum Gasteiger partial charge on any atom is 0.173 e. The van der Waals surface area contributed by atoms with Gasteiger partial charge in [0, 0.05) is 34.9 Å². The molecule has 16 heavy (non-hydrogen) atoms. The molecule has 2 rings (SSSR count). The van der Waals surface area contributed by atoms with E-state index in [2.05, 4.69) is 26.2 Å². The van der Waals surface area contributed by atoms with Crippen molar-refractivity contribution in [2.24, 2.45) is 0 Å². The zero-order valence-electron chi connectivity index (χ0n) is 8.43. The first-order valence-corrected chi connectivity index (χ1v) is 7.30. The number of hydrogen-bond donors (Lipinski definition) is 1. The van der Waals surface area contributed by atoms with Crippen molar-refractivity contribution in [2.75, 3.05) is 5.75 Å². The summed E-state index contributed by atoms with van der Waals surface area (Å²) in [5.74, 6) is 0.147. The van der Waals surface area contributed by atoms with Crippen LogP contribution in [0.25, 0.3) is 0 Å². The van der Waals surface area contributed by atoms with Gasteiger partial charge in [-0.2, -0.15) is 0 Å². The van der Waals surface area contributed by atoms with Crippen LogP contribution in [0.5, 0.6) is 0 Å². The maximum atomic E-state index is 11.2. The highest BCUT2D eigenvalue weighted by molar-refractivity contribution is 9.10. The molecule has 0 saturated carbocycles. The molecule has 0 aliphatic carbocycles. The Bertz CT molecular complexity index is 513. The van der Waals surface area contributed by atoms with E-state index in [-0.39, 0.29) is 11.8 Å². The predicted octanol–water partition coefficient (Wildman–Crippen LogP) is 1.24. The van der Waals surface area contributed by atoms with Gasteiger partial charge in [0.1, 0.15) is 0 Å². The lowest BCUT2D eigenvalue weighted by molar-refractivity contribution is 0.590. The van der Waals surface area contributed by atoms with Crippen LogP contribution in [-0.2, 0) is 16.4 Å². The summed E-state index contributed by atoms with van der Waals surface area (Å²) < 4.78 is 23.2. The quantitative estimate of drug-likeness (QED) is 0.913. The van der Waals surface area contributed by atoms with E-state index >= 15 is 0 Å². The van der Waals surface area contributed by atoms with E-state index in [9.17, 15) is 8.42 Å². The average Bonchev–Trinajstić information content (AvgIpc) is 2.56. The van der Waals surface area contributed by atoms with Gasteiger partial charge in [-0.15, -0.1) is 0 Å². The molecule has 1 N–H and O–H groups in total. The highest BCUT2D eigenvalue weighted by Gasteiger charge is 2.20. The molecule has 0 radical (unpaired) electrons. The molecular weight excluding hydrogens is 292 g/mol. The van der Waals surface area contributed by atoms with Gasteiger partial charge in [-0.3, -0.25) is 4.98 Å². The molecule has 0 spiro atoms. The molecule has 6 heteroatoms. The van der Waals surface area contributed by atoms with E-state index in [1.54, 1.807) is 18.5 Å². The molecule has 0 saturated heterocycles. The van der Waals surface area contributed by atoms with E-state index in [4.69, 9.17) is 0 Å². The Morgan fingerprint density at radius 1 is 1.50 bits per heavy atom. The van der Waals surface area contributed by atoms with E-state index in [1.165, 1.54) is 5.41 Å². The first-order chi connectivity index (χ1) is 7.55. The summed E-state index contributed by atoms with van der Waals surface area (Å²) in [7, 11) is -2.98. The van der Waals surface area contributed by atoms with E-state index < -0.39 is 9.84 Å². The van der Waals surface area contributed by atoms with Crippen LogP contribution in [0.4, 0.5) is 0 Å². The first-order valence-electron chi connectivity index (χ1n) is 4.79. The number of nitrogens with one attached hydrogen (secondary N) is 1. The van der Waals surface area contributed by atoms with Crippen LogP contribution in [0.1, 0.15) is 5.56 Å². The smallest absolute Gasteiger partial charge is 0.173 e. The Labute approximate surface area is 103 Å². The lowest BCUT2D eigenvalue weighted by atomic mass is 10.2. The highest BCUT2D eigenvalue weighted by atomic mass is 79.9. The van der Waals surface area contributed by atoms with Crippen LogP contribution >= 0.6 is 15.9 Å². The molecule has 1 atom stereocenters. The van der Waals surface area contributed by atoms with Crippen molar-refractivity contribution >= 4 is 25.8 Å². The Hall–Kier alpha value is -0.720. The Morgan fingerprint density at radius 3 is 2.94 bits per heavy atom. The van der Waals surface area contributed by atoms with Gasteiger partial charge in [0.05, 0.1) is 5.75 Å². The zero-order chi connectivity index (χ0) is 11.6. The van der Waals surface area contributed by atoms with Gasteiger partial charge in [0.2, 0.25) is 0 Å². The minimum absolute atomic E-state index is 0.0935. The third-order valence-electron chi connectivity index (χ3n) is 2.26. The van der Waals surface area contributed by atoms with E-state index in [0.717, 1.165) is 10.0 Å². The molecule has 4 nitrogen and oxygen atoms in total. The van der Waals surface area contributed by atoms with Crippen LogP contribution in [-0.4, -0.2) is 25.2 Å². The zero-order valence-corrected chi connectivity index (χ0v) is 10.8. The van der Waals surface area contributed by atoms with Crippen molar-refractivity contribution in [3.63, 3.8) is 0 Å². The Kier molecular flexibility index (Phi) is 3.41. The highest BCUT2D eigenvalue weighted by Crippen LogP contribution is 2.11. The van der Waals surface area contributed by atoms with Crippen LogP contribution in [0.3, 0.4) is 0 Å². The molecule has 1 unspecified atom stereocenters. The van der Waals surface area contributed by atoms with Gasteiger partial charge in [0.25, 0.3) is 0 Å².